The first-order chi connectivity index (χ1) is 18.2. The molecule has 2 N–H and O–H groups in total. The summed E-state index contributed by atoms with van der Waals surface area (Å²) in [4.78, 5) is 25.8. The van der Waals surface area contributed by atoms with Gasteiger partial charge < -0.3 is 29.7 Å². The summed E-state index contributed by atoms with van der Waals surface area (Å²) in [6.45, 7) is 1.63. The van der Waals surface area contributed by atoms with Crippen molar-refractivity contribution in [2.45, 2.75) is 12.2 Å². The van der Waals surface area contributed by atoms with Gasteiger partial charge in [-0.05, 0) is 17.7 Å². The normalized spacial score (nSPS) is 15.9. The highest BCUT2D eigenvalue weighted by Gasteiger charge is 2.33. The molecular weight excluding hydrogens is 503 g/mol. The first kappa shape index (κ1) is 27.0. The summed E-state index contributed by atoms with van der Waals surface area (Å²) >= 11 is 0. The minimum Gasteiger partial charge on any atom is -0.496 e. The number of hydrogen-bond donors (Lipinski definition) is 1. The summed E-state index contributed by atoms with van der Waals surface area (Å²) in [5.41, 5.74) is 6.90. The Balaban J connectivity index is 1.57. The molecule has 4 rings (SSSR count). The highest BCUT2D eigenvalue weighted by atomic mass is 19.4. The number of aromatic nitrogens is 2. The molecule has 1 aliphatic rings. The zero-order valence-corrected chi connectivity index (χ0v) is 21.2. The van der Waals surface area contributed by atoms with E-state index in [1.807, 2.05) is 0 Å². The maximum atomic E-state index is 13.5. The Bertz CT molecular complexity index is 1290. The number of nitrogen functional groups attached to an aromatic ring is 1. The number of carbonyl (C=O) groups is 1. The molecule has 1 aromatic carbocycles. The van der Waals surface area contributed by atoms with E-state index in [0.717, 1.165) is 17.8 Å². The number of nitrogens with two attached hydrogens (primary N) is 1. The van der Waals surface area contributed by atoms with Crippen molar-refractivity contribution in [1.82, 2.24) is 14.9 Å². The van der Waals surface area contributed by atoms with Crippen molar-refractivity contribution >= 4 is 17.4 Å². The van der Waals surface area contributed by atoms with Crippen molar-refractivity contribution in [1.29, 1.82) is 0 Å². The van der Waals surface area contributed by atoms with Crippen LogP contribution >= 0.6 is 0 Å². The first-order valence-corrected chi connectivity index (χ1v) is 11.7. The molecule has 2 aromatic heterocycles. The molecule has 38 heavy (non-hydrogen) atoms. The number of ether oxygens (including phenoxy) is 3. The molecule has 9 nitrogen and oxygen atoms in total. The van der Waals surface area contributed by atoms with Gasteiger partial charge in [0.25, 0.3) is 5.91 Å². The van der Waals surface area contributed by atoms with E-state index in [0.29, 0.717) is 48.1 Å². The van der Waals surface area contributed by atoms with Gasteiger partial charge in [-0.25, -0.2) is 4.98 Å². The van der Waals surface area contributed by atoms with Gasteiger partial charge in [-0.2, -0.15) is 13.2 Å². The number of anilines is 2. The molecule has 1 atom stereocenters. The quantitative estimate of drug-likeness (QED) is 0.492. The van der Waals surface area contributed by atoms with Crippen LogP contribution in [0.3, 0.4) is 0 Å². The van der Waals surface area contributed by atoms with Crippen molar-refractivity contribution in [3.05, 3.63) is 60.0 Å². The molecule has 0 spiro atoms. The predicted octanol–water partition coefficient (Wildman–Crippen LogP) is 3.74. The maximum Gasteiger partial charge on any atom is 0.416 e. The Morgan fingerprint density at radius 2 is 1.74 bits per heavy atom. The van der Waals surface area contributed by atoms with Gasteiger partial charge in [-0.3, -0.25) is 9.78 Å². The maximum absolute atomic E-state index is 13.5. The van der Waals surface area contributed by atoms with Crippen LogP contribution in [0.25, 0.3) is 11.1 Å². The SMILES string of the molecule is COC[C@H]1CN(c2cnc(N)cc2OC)CCN1C(=O)c1cc(OC)c(-c2ccc(C(F)(F)F)cc2)cn1. The second-order valence-corrected chi connectivity index (χ2v) is 8.68. The topological polar surface area (TPSA) is 103 Å². The van der Waals surface area contributed by atoms with Crippen molar-refractivity contribution in [3.8, 4) is 22.6 Å². The summed E-state index contributed by atoms with van der Waals surface area (Å²) in [5.74, 6) is 0.931. The fourth-order valence-corrected chi connectivity index (χ4v) is 4.45. The van der Waals surface area contributed by atoms with E-state index >= 15 is 0 Å². The number of benzene rings is 1. The number of rotatable bonds is 7. The molecule has 0 aliphatic carbocycles. The standard InChI is InChI=1S/C26H28F3N5O4/c1-36-15-18-14-33(21-13-32-24(30)11-23(21)38-3)8-9-34(18)25(35)20-10-22(37-2)19(12-31-20)16-4-6-17(7-5-16)26(27,28)29/h4-7,10-13,18H,8-9,14-15H2,1-3H3,(H2,30,32)/t18-/m1/s1. The molecule has 1 fully saturated rings. The van der Waals surface area contributed by atoms with E-state index in [4.69, 9.17) is 19.9 Å². The van der Waals surface area contributed by atoms with Crippen LogP contribution in [0.5, 0.6) is 11.5 Å². The van der Waals surface area contributed by atoms with E-state index in [-0.39, 0.29) is 24.2 Å². The Morgan fingerprint density at radius 3 is 2.37 bits per heavy atom. The van der Waals surface area contributed by atoms with E-state index in [1.54, 1.807) is 31.4 Å². The Kier molecular flexibility index (Phi) is 7.91. The van der Waals surface area contributed by atoms with Crippen molar-refractivity contribution in [2.75, 3.05) is 58.2 Å². The summed E-state index contributed by atoms with van der Waals surface area (Å²) < 4.78 is 55.1. The Morgan fingerprint density at radius 1 is 1.03 bits per heavy atom. The minimum atomic E-state index is -4.44. The van der Waals surface area contributed by atoms with Crippen LogP contribution in [-0.4, -0.2) is 74.4 Å². The lowest BCUT2D eigenvalue weighted by molar-refractivity contribution is -0.137. The number of carbonyl (C=O) groups excluding carboxylic acids is 1. The van der Waals surface area contributed by atoms with Crippen LogP contribution in [0.1, 0.15) is 16.1 Å². The minimum absolute atomic E-state index is 0.152. The molecule has 1 amide bonds. The van der Waals surface area contributed by atoms with E-state index in [1.165, 1.54) is 31.5 Å². The molecule has 0 unspecified atom stereocenters. The molecule has 1 saturated heterocycles. The molecule has 0 saturated carbocycles. The highest BCUT2D eigenvalue weighted by Crippen LogP contribution is 2.35. The number of pyridine rings is 2. The van der Waals surface area contributed by atoms with Crippen LogP contribution in [0, 0.1) is 0 Å². The van der Waals surface area contributed by atoms with Gasteiger partial charge in [0.2, 0.25) is 0 Å². The second kappa shape index (κ2) is 11.1. The van der Waals surface area contributed by atoms with E-state index in [9.17, 15) is 18.0 Å². The van der Waals surface area contributed by atoms with Crippen molar-refractivity contribution in [3.63, 3.8) is 0 Å². The lowest BCUT2D eigenvalue weighted by Gasteiger charge is -2.42. The van der Waals surface area contributed by atoms with Gasteiger partial charge in [-0.15, -0.1) is 0 Å². The number of halogens is 3. The molecule has 0 radical (unpaired) electrons. The van der Waals surface area contributed by atoms with E-state index < -0.39 is 11.7 Å². The zero-order chi connectivity index (χ0) is 27.4. The van der Waals surface area contributed by atoms with Crippen LogP contribution < -0.4 is 20.1 Å². The molecule has 3 heterocycles. The van der Waals surface area contributed by atoms with Gasteiger partial charge in [0.15, 0.2) is 0 Å². The number of alkyl halides is 3. The molecule has 1 aliphatic heterocycles. The molecule has 3 aromatic rings. The van der Waals surface area contributed by atoms with Gasteiger partial charge in [0, 0.05) is 50.6 Å². The summed E-state index contributed by atoms with van der Waals surface area (Å²) in [6, 6.07) is 7.52. The average molecular weight is 532 g/mol. The number of piperazine rings is 1. The summed E-state index contributed by atoms with van der Waals surface area (Å²) in [7, 11) is 4.54. The number of amides is 1. The molecular formula is C26H28F3N5O4. The second-order valence-electron chi connectivity index (χ2n) is 8.68. The third-order valence-electron chi connectivity index (χ3n) is 6.36. The predicted molar refractivity (Wildman–Crippen MR) is 135 cm³/mol. The number of hydrogen-bond acceptors (Lipinski definition) is 8. The van der Waals surface area contributed by atoms with Crippen LogP contribution in [-0.2, 0) is 10.9 Å². The molecule has 12 heteroatoms. The number of methoxy groups -OCH3 is 3. The third kappa shape index (κ3) is 5.59. The summed E-state index contributed by atoms with van der Waals surface area (Å²) in [6.07, 6.45) is -1.36. The zero-order valence-electron chi connectivity index (χ0n) is 21.2. The average Bonchev–Trinajstić information content (AvgIpc) is 2.92. The lowest BCUT2D eigenvalue weighted by Crippen LogP contribution is -2.57. The summed E-state index contributed by atoms with van der Waals surface area (Å²) in [5, 5.41) is 0. The first-order valence-electron chi connectivity index (χ1n) is 11.7. The smallest absolute Gasteiger partial charge is 0.416 e. The largest absolute Gasteiger partial charge is 0.496 e. The molecule has 0 bridgehead atoms. The van der Waals surface area contributed by atoms with Crippen LogP contribution in [0.4, 0.5) is 24.7 Å². The number of nitrogens with zero attached hydrogens (tertiary/aromatic N) is 4. The Hall–Kier alpha value is -4.06. The monoisotopic (exact) mass is 531 g/mol. The third-order valence-corrected chi connectivity index (χ3v) is 6.36. The van der Waals surface area contributed by atoms with Gasteiger partial charge in [-0.1, -0.05) is 12.1 Å². The fraction of sp³-hybridized carbons (Fsp3) is 0.346. The Labute approximate surface area is 217 Å². The van der Waals surface area contributed by atoms with Crippen molar-refractivity contribution < 1.29 is 32.2 Å². The van der Waals surface area contributed by atoms with Crippen LogP contribution in [0.15, 0.2) is 48.8 Å². The van der Waals surface area contributed by atoms with Crippen LogP contribution in [0.2, 0.25) is 0 Å². The van der Waals surface area contributed by atoms with Gasteiger partial charge >= 0.3 is 6.18 Å². The van der Waals surface area contributed by atoms with Gasteiger partial charge in [0.1, 0.15) is 23.0 Å². The molecule has 202 valence electrons. The van der Waals surface area contributed by atoms with E-state index in [2.05, 4.69) is 14.9 Å². The van der Waals surface area contributed by atoms with Crippen molar-refractivity contribution in [2.24, 2.45) is 0 Å². The van der Waals surface area contributed by atoms with Gasteiger partial charge in [0.05, 0.1) is 44.3 Å². The lowest BCUT2D eigenvalue weighted by atomic mass is 10.0. The highest BCUT2D eigenvalue weighted by molar-refractivity contribution is 5.94. The fourth-order valence-electron chi connectivity index (χ4n) is 4.45.